The van der Waals surface area contributed by atoms with Crippen molar-refractivity contribution in [2.75, 3.05) is 0 Å². The lowest BCUT2D eigenvalue weighted by molar-refractivity contribution is 0.486. The summed E-state index contributed by atoms with van der Waals surface area (Å²) in [6, 6.07) is 9.86. The number of pyridine rings is 1. The number of benzene rings is 1. The Kier molecular flexibility index (Phi) is 2.52. The highest BCUT2D eigenvalue weighted by Gasteiger charge is 2.10. The molecule has 18 heavy (non-hydrogen) atoms. The molecule has 0 aliphatic heterocycles. The first-order chi connectivity index (χ1) is 8.75. The van der Waals surface area contributed by atoms with Crippen LogP contribution in [0.4, 0.5) is 0 Å². The van der Waals surface area contributed by atoms with E-state index in [4.69, 9.17) is 4.74 Å². The van der Waals surface area contributed by atoms with Crippen LogP contribution < -0.4 is 4.74 Å². The van der Waals surface area contributed by atoms with Crippen LogP contribution in [0.15, 0.2) is 42.7 Å². The van der Waals surface area contributed by atoms with E-state index in [2.05, 4.69) is 29.9 Å². The maximum atomic E-state index is 5.90. The van der Waals surface area contributed by atoms with Gasteiger partial charge in [-0.25, -0.2) is 0 Å². The van der Waals surface area contributed by atoms with Crippen molar-refractivity contribution < 1.29 is 4.74 Å². The second kappa shape index (κ2) is 4.18. The topological polar surface area (TPSA) is 37.9 Å². The number of aromatic nitrogens is 2. The molecule has 0 atom stereocenters. The van der Waals surface area contributed by atoms with Crippen LogP contribution in [0.5, 0.6) is 11.5 Å². The summed E-state index contributed by atoms with van der Waals surface area (Å²) in [6.45, 7) is 4.13. The van der Waals surface area contributed by atoms with E-state index in [1.54, 1.807) is 12.4 Å². The lowest BCUT2D eigenvalue weighted by Gasteiger charge is -2.07. The van der Waals surface area contributed by atoms with Crippen molar-refractivity contribution in [3.63, 3.8) is 0 Å². The minimum absolute atomic E-state index is 0.753. The summed E-state index contributed by atoms with van der Waals surface area (Å²) in [5, 5.41) is 2.34. The largest absolute Gasteiger partial charge is 0.455 e. The Balaban J connectivity index is 2.12. The van der Waals surface area contributed by atoms with Crippen molar-refractivity contribution in [1.82, 2.24) is 9.97 Å². The van der Waals surface area contributed by atoms with E-state index in [9.17, 15) is 0 Å². The quantitative estimate of drug-likeness (QED) is 0.733. The first-order valence-electron chi connectivity index (χ1n) is 5.91. The molecule has 3 heteroatoms. The van der Waals surface area contributed by atoms with Gasteiger partial charge in [-0.3, -0.25) is 4.98 Å². The average Bonchev–Trinajstić information content (AvgIpc) is 2.67. The van der Waals surface area contributed by atoms with Gasteiger partial charge >= 0.3 is 0 Å². The maximum absolute atomic E-state index is 5.90. The predicted octanol–water partition coefficient (Wildman–Crippen LogP) is 3.97. The summed E-state index contributed by atoms with van der Waals surface area (Å²) >= 11 is 0. The molecule has 3 nitrogen and oxygen atoms in total. The molecule has 1 N–H and O–H groups in total. The molecule has 2 heterocycles. The molecule has 90 valence electrons. The number of hydrogen-bond donors (Lipinski definition) is 1. The molecular formula is C15H14N2O. The summed E-state index contributed by atoms with van der Waals surface area (Å²) < 4.78 is 5.90. The highest BCUT2D eigenvalue weighted by molar-refractivity contribution is 5.93. The Morgan fingerprint density at radius 2 is 1.94 bits per heavy atom. The molecule has 0 fully saturated rings. The second-order valence-electron chi connectivity index (χ2n) is 4.34. The maximum Gasteiger partial charge on any atom is 0.145 e. The summed E-state index contributed by atoms with van der Waals surface area (Å²) in [5.41, 5.74) is 2.29. The summed E-state index contributed by atoms with van der Waals surface area (Å²) in [7, 11) is 0. The van der Waals surface area contributed by atoms with Crippen LogP contribution in [0.3, 0.4) is 0 Å². The zero-order valence-electron chi connectivity index (χ0n) is 10.4. The number of H-pyrrole nitrogens is 1. The molecule has 2 aromatic heterocycles. The van der Waals surface area contributed by atoms with E-state index >= 15 is 0 Å². The Bertz CT molecular complexity index is 686. The predicted molar refractivity (Wildman–Crippen MR) is 72.1 cm³/mol. The normalized spacial score (nSPS) is 10.8. The Morgan fingerprint density at radius 3 is 2.72 bits per heavy atom. The number of aromatic amines is 1. The Morgan fingerprint density at radius 1 is 1.06 bits per heavy atom. The van der Waals surface area contributed by atoms with Crippen molar-refractivity contribution in [1.29, 1.82) is 0 Å². The lowest BCUT2D eigenvalue weighted by atomic mass is 10.1. The number of nitrogens with zero attached hydrogens (tertiary/aromatic N) is 1. The van der Waals surface area contributed by atoms with Gasteiger partial charge in [0.2, 0.25) is 0 Å². The number of hydrogen-bond acceptors (Lipinski definition) is 2. The van der Waals surface area contributed by atoms with Crippen LogP contribution in [-0.2, 0) is 0 Å². The van der Waals surface area contributed by atoms with E-state index in [0.717, 1.165) is 22.6 Å². The van der Waals surface area contributed by atoms with E-state index in [1.165, 1.54) is 11.1 Å². The summed E-state index contributed by atoms with van der Waals surface area (Å²) in [4.78, 5) is 7.40. The minimum Gasteiger partial charge on any atom is -0.455 e. The molecule has 0 unspecified atom stereocenters. The highest BCUT2D eigenvalue weighted by atomic mass is 16.5. The third kappa shape index (κ3) is 1.74. The van der Waals surface area contributed by atoms with Gasteiger partial charge in [-0.1, -0.05) is 12.1 Å². The molecule has 3 rings (SSSR count). The van der Waals surface area contributed by atoms with Gasteiger partial charge in [0, 0.05) is 28.4 Å². The van der Waals surface area contributed by atoms with Gasteiger partial charge in [0.05, 0.1) is 6.20 Å². The van der Waals surface area contributed by atoms with Gasteiger partial charge in [0.15, 0.2) is 0 Å². The van der Waals surface area contributed by atoms with E-state index in [-0.39, 0.29) is 0 Å². The molecular weight excluding hydrogens is 224 g/mol. The highest BCUT2D eigenvalue weighted by Crippen LogP contribution is 2.33. The van der Waals surface area contributed by atoms with Crippen molar-refractivity contribution in [3.8, 4) is 11.5 Å². The fourth-order valence-electron chi connectivity index (χ4n) is 2.26. The first-order valence-corrected chi connectivity index (χ1v) is 5.91. The molecule has 0 bridgehead atoms. The number of nitrogens with one attached hydrogen (secondary N) is 1. The fraction of sp³-hybridized carbons (Fsp3) is 0.133. The Hall–Kier alpha value is -2.29. The minimum atomic E-state index is 0.753. The van der Waals surface area contributed by atoms with Gasteiger partial charge < -0.3 is 9.72 Å². The number of ether oxygens (including phenoxy) is 1. The molecule has 0 aliphatic rings. The van der Waals surface area contributed by atoms with E-state index in [1.807, 2.05) is 24.3 Å². The molecule has 0 saturated carbocycles. The van der Waals surface area contributed by atoms with Crippen LogP contribution in [0.1, 0.15) is 11.4 Å². The first kappa shape index (κ1) is 10.8. The van der Waals surface area contributed by atoms with Gasteiger partial charge in [0.25, 0.3) is 0 Å². The zero-order valence-corrected chi connectivity index (χ0v) is 10.4. The fourth-order valence-corrected chi connectivity index (χ4v) is 2.26. The van der Waals surface area contributed by atoms with Crippen LogP contribution in [0, 0.1) is 13.8 Å². The molecule has 0 aliphatic carbocycles. The monoisotopic (exact) mass is 238 g/mol. The number of fused-ring (bicyclic) bond motifs is 1. The van der Waals surface area contributed by atoms with Crippen LogP contribution in [0.2, 0.25) is 0 Å². The van der Waals surface area contributed by atoms with Gasteiger partial charge in [-0.2, -0.15) is 0 Å². The zero-order chi connectivity index (χ0) is 12.5. The van der Waals surface area contributed by atoms with E-state index in [0.29, 0.717) is 0 Å². The van der Waals surface area contributed by atoms with Crippen molar-refractivity contribution in [3.05, 3.63) is 54.1 Å². The summed E-state index contributed by atoms with van der Waals surface area (Å²) in [6.07, 6.45) is 3.45. The molecule has 3 aromatic rings. The van der Waals surface area contributed by atoms with Gasteiger partial charge in [-0.05, 0) is 32.0 Å². The standard InChI is InChI=1S/C15H14N2O/c1-10-13-6-3-7-14(15(13)11(2)17-10)18-12-5-4-8-16-9-12/h3-9,17H,1-2H3. The SMILES string of the molecule is Cc1[nH]c(C)c2c(Oc3cccnc3)cccc12. The van der Waals surface area contributed by atoms with Crippen molar-refractivity contribution >= 4 is 10.8 Å². The average molecular weight is 238 g/mol. The third-order valence-electron chi connectivity index (χ3n) is 3.04. The third-order valence-corrected chi connectivity index (χ3v) is 3.04. The molecule has 0 amide bonds. The molecule has 0 spiro atoms. The Labute approximate surface area is 105 Å². The van der Waals surface area contributed by atoms with Gasteiger partial charge in [0.1, 0.15) is 11.5 Å². The second-order valence-corrected chi connectivity index (χ2v) is 4.34. The molecule has 0 radical (unpaired) electrons. The molecule has 1 aromatic carbocycles. The summed E-state index contributed by atoms with van der Waals surface area (Å²) in [5.74, 6) is 1.62. The van der Waals surface area contributed by atoms with Crippen LogP contribution >= 0.6 is 0 Å². The van der Waals surface area contributed by atoms with Gasteiger partial charge in [-0.15, -0.1) is 0 Å². The van der Waals surface area contributed by atoms with E-state index < -0.39 is 0 Å². The lowest BCUT2D eigenvalue weighted by Crippen LogP contribution is -1.86. The van der Waals surface area contributed by atoms with Crippen molar-refractivity contribution in [2.45, 2.75) is 13.8 Å². The van der Waals surface area contributed by atoms with Crippen LogP contribution in [0.25, 0.3) is 10.8 Å². The van der Waals surface area contributed by atoms with Crippen molar-refractivity contribution in [2.24, 2.45) is 0 Å². The number of aryl methyl sites for hydroxylation is 2. The van der Waals surface area contributed by atoms with Crippen LogP contribution in [-0.4, -0.2) is 9.97 Å². The smallest absolute Gasteiger partial charge is 0.145 e. The number of rotatable bonds is 2. The molecule has 0 saturated heterocycles.